The largest absolute Gasteiger partial charge is 0.497 e. The van der Waals surface area contributed by atoms with E-state index in [0.717, 1.165) is 47.5 Å². The molecule has 49 heavy (non-hydrogen) atoms. The molecule has 1 N–H and O–H groups in total. The number of methoxy groups -OCH3 is 1. The molecule has 1 saturated carbocycles. The number of aryl methyl sites for hydroxylation is 1. The number of anilines is 1. The Labute approximate surface area is 299 Å². The molecule has 0 bridgehead atoms. The Bertz CT molecular complexity index is 1850. The monoisotopic (exact) mass is 721 g/mol. The lowest BCUT2D eigenvalue weighted by Gasteiger charge is -2.35. The Hall–Kier alpha value is -4.05. The number of carbonyl (C=O) groups excluding carboxylic acids is 2. The number of ether oxygens (including phenoxy) is 1. The van der Waals surface area contributed by atoms with E-state index in [9.17, 15) is 18.0 Å². The van der Waals surface area contributed by atoms with Crippen LogP contribution in [-0.4, -0.2) is 50.9 Å². The van der Waals surface area contributed by atoms with Gasteiger partial charge in [-0.1, -0.05) is 103 Å². The van der Waals surface area contributed by atoms with Gasteiger partial charge in [-0.25, -0.2) is 8.42 Å². The lowest BCUT2D eigenvalue weighted by molar-refractivity contribution is -0.140. The Balaban J connectivity index is 1.58. The van der Waals surface area contributed by atoms with Crippen LogP contribution in [0.2, 0.25) is 10.0 Å². The number of carbonyl (C=O) groups is 2. The van der Waals surface area contributed by atoms with E-state index in [4.69, 9.17) is 27.9 Å². The molecular weight excluding hydrogens is 681 g/mol. The fourth-order valence-electron chi connectivity index (χ4n) is 6.06. The van der Waals surface area contributed by atoms with Crippen LogP contribution in [0.15, 0.2) is 102 Å². The molecule has 2 amide bonds. The molecule has 5 rings (SSSR count). The number of nitrogens with one attached hydrogen (secondary N) is 1. The first-order valence-electron chi connectivity index (χ1n) is 16.4. The van der Waals surface area contributed by atoms with Gasteiger partial charge in [0.25, 0.3) is 10.0 Å². The van der Waals surface area contributed by atoms with Gasteiger partial charge in [-0.2, -0.15) is 0 Å². The Morgan fingerprint density at radius 3 is 2.24 bits per heavy atom. The van der Waals surface area contributed by atoms with Gasteiger partial charge >= 0.3 is 0 Å². The zero-order valence-corrected chi connectivity index (χ0v) is 30.0. The van der Waals surface area contributed by atoms with Crippen LogP contribution in [0.1, 0.15) is 48.8 Å². The van der Waals surface area contributed by atoms with Gasteiger partial charge in [0.2, 0.25) is 11.8 Å². The molecule has 11 heteroatoms. The van der Waals surface area contributed by atoms with Crippen LogP contribution in [0.25, 0.3) is 0 Å². The van der Waals surface area contributed by atoms with E-state index in [1.54, 1.807) is 54.6 Å². The van der Waals surface area contributed by atoms with E-state index >= 15 is 0 Å². The highest BCUT2D eigenvalue weighted by Gasteiger charge is 2.35. The normalized spacial score (nSPS) is 14.1. The van der Waals surface area contributed by atoms with Crippen LogP contribution in [0.3, 0.4) is 0 Å². The first kappa shape index (κ1) is 36.2. The van der Waals surface area contributed by atoms with Crippen molar-refractivity contribution < 1.29 is 22.7 Å². The molecule has 1 fully saturated rings. The maximum absolute atomic E-state index is 14.7. The molecule has 0 spiro atoms. The molecule has 0 unspecified atom stereocenters. The molecule has 4 aromatic carbocycles. The molecule has 4 aromatic rings. The van der Waals surface area contributed by atoms with Crippen molar-refractivity contribution in [2.45, 2.75) is 69.0 Å². The van der Waals surface area contributed by atoms with E-state index < -0.39 is 28.5 Å². The Kier molecular flexibility index (Phi) is 12.3. The van der Waals surface area contributed by atoms with Crippen LogP contribution >= 0.6 is 23.2 Å². The number of hydrogen-bond acceptors (Lipinski definition) is 5. The number of sulfonamides is 1. The van der Waals surface area contributed by atoms with Crippen LogP contribution in [0, 0.1) is 6.92 Å². The highest BCUT2D eigenvalue weighted by molar-refractivity contribution is 7.92. The predicted octanol–water partition coefficient (Wildman–Crippen LogP) is 7.59. The average molecular weight is 723 g/mol. The SMILES string of the molecule is COc1cccc(N(CC(=O)N(Cc2ccc(Cl)c(Cl)c2)[C@H](Cc2ccccc2)C(=O)NC2CCCCC2)S(=O)(=O)c2ccc(C)cc2)c1. The van der Waals surface area contributed by atoms with Gasteiger partial charge in [0.1, 0.15) is 18.3 Å². The Morgan fingerprint density at radius 2 is 1.57 bits per heavy atom. The van der Waals surface area contributed by atoms with Crippen molar-refractivity contribution in [1.29, 1.82) is 0 Å². The molecule has 0 heterocycles. The maximum Gasteiger partial charge on any atom is 0.264 e. The van der Waals surface area contributed by atoms with Crippen LogP contribution in [0.5, 0.6) is 5.75 Å². The van der Waals surface area contributed by atoms with Crippen molar-refractivity contribution >= 4 is 50.7 Å². The maximum atomic E-state index is 14.7. The van der Waals surface area contributed by atoms with Gasteiger partial charge in [0.15, 0.2) is 0 Å². The van der Waals surface area contributed by atoms with Gasteiger partial charge in [0.05, 0.1) is 27.7 Å². The summed E-state index contributed by atoms with van der Waals surface area (Å²) in [4.78, 5) is 30.5. The molecule has 1 aliphatic carbocycles. The van der Waals surface area contributed by atoms with Crippen molar-refractivity contribution in [3.63, 3.8) is 0 Å². The lowest BCUT2D eigenvalue weighted by atomic mass is 9.94. The van der Waals surface area contributed by atoms with E-state index in [1.807, 2.05) is 37.3 Å². The quantitative estimate of drug-likeness (QED) is 0.154. The molecule has 0 aromatic heterocycles. The second-order valence-corrected chi connectivity index (χ2v) is 15.0. The highest BCUT2D eigenvalue weighted by Crippen LogP contribution is 2.29. The fourth-order valence-corrected chi connectivity index (χ4v) is 7.79. The summed E-state index contributed by atoms with van der Waals surface area (Å²) < 4.78 is 35.1. The third kappa shape index (κ3) is 9.35. The number of halogens is 2. The van der Waals surface area contributed by atoms with Gasteiger partial charge in [0, 0.05) is 25.1 Å². The molecule has 0 radical (unpaired) electrons. The number of amides is 2. The van der Waals surface area contributed by atoms with Crippen molar-refractivity contribution in [3.8, 4) is 5.75 Å². The minimum absolute atomic E-state index is 0.00310. The third-order valence-electron chi connectivity index (χ3n) is 8.79. The minimum Gasteiger partial charge on any atom is -0.497 e. The van der Waals surface area contributed by atoms with Gasteiger partial charge in [-0.05, 0) is 67.3 Å². The van der Waals surface area contributed by atoms with Gasteiger partial charge in [-0.15, -0.1) is 0 Å². The summed E-state index contributed by atoms with van der Waals surface area (Å²) in [5, 5.41) is 3.87. The first-order valence-corrected chi connectivity index (χ1v) is 18.6. The van der Waals surface area contributed by atoms with Gasteiger partial charge in [-0.3, -0.25) is 13.9 Å². The molecule has 8 nitrogen and oxygen atoms in total. The summed E-state index contributed by atoms with van der Waals surface area (Å²) in [6.45, 7) is 1.28. The van der Waals surface area contributed by atoms with E-state index in [-0.39, 0.29) is 35.5 Å². The van der Waals surface area contributed by atoms with Gasteiger partial charge < -0.3 is 15.0 Å². The molecular formula is C38H41Cl2N3O5S. The number of rotatable bonds is 13. The smallest absolute Gasteiger partial charge is 0.264 e. The third-order valence-corrected chi connectivity index (χ3v) is 11.3. The van der Waals surface area contributed by atoms with Crippen LogP contribution < -0.4 is 14.4 Å². The summed E-state index contributed by atoms with van der Waals surface area (Å²) in [6.07, 6.45) is 5.11. The molecule has 1 aliphatic rings. The van der Waals surface area contributed by atoms with E-state index in [1.165, 1.54) is 24.1 Å². The summed E-state index contributed by atoms with van der Waals surface area (Å²) >= 11 is 12.6. The summed E-state index contributed by atoms with van der Waals surface area (Å²) in [7, 11) is -2.76. The number of benzene rings is 4. The molecule has 258 valence electrons. The topological polar surface area (TPSA) is 96.0 Å². The zero-order valence-electron chi connectivity index (χ0n) is 27.6. The first-order chi connectivity index (χ1) is 23.5. The van der Waals surface area contributed by atoms with Crippen molar-refractivity contribution in [2.24, 2.45) is 0 Å². The zero-order chi connectivity index (χ0) is 35.0. The minimum atomic E-state index is -4.25. The standard InChI is InChI=1S/C38H41Cl2N3O5S/c1-27-16-19-33(20-17-27)49(46,47)43(31-14-9-15-32(24-31)48-2)26-37(44)42(25-29-18-21-34(39)35(40)22-29)36(23-28-10-5-3-6-11-28)38(45)41-30-12-7-4-8-13-30/h3,5-6,9-11,14-22,24,30,36H,4,7-8,12-13,23,25-26H2,1-2H3,(H,41,45)/t36-/m1/s1. The average Bonchev–Trinajstić information content (AvgIpc) is 3.11. The second kappa shape index (κ2) is 16.6. The Morgan fingerprint density at radius 1 is 0.857 bits per heavy atom. The second-order valence-electron chi connectivity index (χ2n) is 12.3. The molecule has 1 atom stereocenters. The predicted molar refractivity (Wildman–Crippen MR) is 195 cm³/mol. The molecule has 0 saturated heterocycles. The van der Waals surface area contributed by atoms with Crippen LogP contribution in [-0.2, 0) is 32.6 Å². The number of hydrogen-bond donors (Lipinski definition) is 1. The van der Waals surface area contributed by atoms with Crippen molar-refractivity contribution in [3.05, 3.63) is 124 Å². The highest BCUT2D eigenvalue weighted by atomic mass is 35.5. The molecule has 0 aliphatic heterocycles. The van der Waals surface area contributed by atoms with Crippen molar-refractivity contribution in [2.75, 3.05) is 18.0 Å². The summed E-state index contributed by atoms with van der Waals surface area (Å²) in [5.41, 5.74) is 2.63. The van der Waals surface area contributed by atoms with Crippen LogP contribution in [0.4, 0.5) is 5.69 Å². The van der Waals surface area contributed by atoms with E-state index in [2.05, 4.69) is 5.32 Å². The summed E-state index contributed by atoms with van der Waals surface area (Å²) in [5.74, 6) is -0.432. The number of nitrogens with zero attached hydrogens (tertiary/aromatic N) is 2. The fraction of sp³-hybridized carbons (Fsp3) is 0.316. The lowest BCUT2D eigenvalue weighted by Crippen LogP contribution is -2.55. The van der Waals surface area contributed by atoms with E-state index in [0.29, 0.717) is 21.4 Å². The van der Waals surface area contributed by atoms with Crippen molar-refractivity contribution in [1.82, 2.24) is 10.2 Å². The summed E-state index contributed by atoms with van der Waals surface area (Å²) in [6, 6.07) is 26.6.